The van der Waals surface area contributed by atoms with Gasteiger partial charge in [0.1, 0.15) is 11.6 Å². The van der Waals surface area contributed by atoms with Gasteiger partial charge in [0, 0.05) is 0 Å². The van der Waals surface area contributed by atoms with Crippen LogP contribution in [0.5, 0.6) is 0 Å². The standard InChI is InChI=1S/C19H26N4O2S/c1-15-20-18(23(21-15)17-8-13-26(24,25)14-17)19(9-11-22(2)12-10-19)16-6-4-3-5-7-16/h3-7,17H,8-14H2,1-2H3. The summed E-state index contributed by atoms with van der Waals surface area (Å²) >= 11 is 0. The molecule has 2 aromatic rings. The molecule has 7 heteroatoms. The van der Waals surface area contributed by atoms with Crippen LogP contribution in [0.3, 0.4) is 0 Å². The molecule has 2 fully saturated rings. The van der Waals surface area contributed by atoms with Crippen LogP contribution < -0.4 is 0 Å². The van der Waals surface area contributed by atoms with Crippen LogP contribution in [-0.4, -0.2) is 59.7 Å². The van der Waals surface area contributed by atoms with Gasteiger partial charge in [-0.15, -0.1) is 0 Å². The molecule has 0 spiro atoms. The Morgan fingerprint density at radius 3 is 2.46 bits per heavy atom. The van der Waals surface area contributed by atoms with Crippen molar-refractivity contribution in [2.45, 2.75) is 37.6 Å². The third-order valence-electron chi connectivity index (χ3n) is 5.89. The molecule has 3 heterocycles. The maximum atomic E-state index is 12.0. The molecule has 0 amide bonds. The topological polar surface area (TPSA) is 68.1 Å². The third-order valence-corrected chi connectivity index (χ3v) is 7.64. The Bertz CT molecular complexity index is 884. The second kappa shape index (κ2) is 6.46. The highest BCUT2D eigenvalue weighted by atomic mass is 32.2. The fourth-order valence-corrected chi connectivity index (χ4v) is 6.07. The SMILES string of the molecule is Cc1nc(C2(c3ccccc3)CCN(C)CC2)n(C2CCS(=O)(=O)C2)n1. The molecule has 26 heavy (non-hydrogen) atoms. The van der Waals surface area contributed by atoms with Crippen LogP contribution in [0.4, 0.5) is 0 Å². The first-order chi connectivity index (χ1) is 12.4. The van der Waals surface area contributed by atoms with E-state index in [9.17, 15) is 8.42 Å². The molecule has 0 saturated carbocycles. The molecular weight excluding hydrogens is 348 g/mol. The smallest absolute Gasteiger partial charge is 0.152 e. The van der Waals surface area contributed by atoms with E-state index in [1.54, 1.807) is 0 Å². The summed E-state index contributed by atoms with van der Waals surface area (Å²) in [5.41, 5.74) is 1.05. The molecule has 0 N–H and O–H groups in total. The highest BCUT2D eigenvalue weighted by molar-refractivity contribution is 7.91. The van der Waals surface area contributed by atoms with Crippen molar-refractivity contribution in [3.8, 4) is 0 Å². The molecule has 6 nitrogen and oxygen atoms in total. The normalized spacial score (nSPS) is 25.4. The quantitative estimate of drug-likeness (QED) is 0.821. The number of aromatic nitrogens is 3. The first-order valence-corrected chi connectivity index (χ1v) is 11.1. The lowest BCUT2D eigenvalue weighted by Crippen LogP contribution is -2.43. The molecule has 0 bridgehead atoms. The van der Waals surface area contributed by atoms with E-state index >= 15 is 0 Å². The van der Waals surface area contributed by atoms with Gasteiger partial charge in [0.15, 0.2) is 9.84 Å². The van der Waals surface area contributed by atoms with Gasteiger partial charge in [-0.25, -0.2) is 18.1 Å². The van der Waals surface area contributed by atoms with Crippen LogP contribution in [0.1, 0.15) is 42.5 Å². The summed E-state index contributed by atoms with van der Waals surface area (Å²) in [5.74, 6) is 2.08. The summed E-state index contributed by atoms with van der Waals surface area (Å²) < 4.78 is 26.0. The van der Waals surface area contributed by atoms with Crippen LogP contribution in [0.15, 0.2) is 30.3 Å². The number of benzene rings is 1. The maximum Gasteiger partial charge on any atom is 0.152 e. The Morgan fingerprint density at radius 2 is 1.85 bits per heavy atom. The zero-order valence-corrected chi connectivity index (χ0v) is 16.2. The molecule has 1 aromatic carbocycles. The summed E-state index contributed by atoms with van der Waals surface area (Å²) in [5, 5.41) is 4.65. The Hall–Kier alpha value is -1.73. The van der Waals surface area contributed by atoms with Crippen molar-refractivity contribution < 1.29 is 8.42 Å². The molecule has 4 rings (SSSR count). The average Bonchev–Trinajstić information content (AvgIpc) is 3.19. The third kappa shape index (κ3) is 3.07. The predicted molar refractivity (Wildman–Crippen MR) is 101 cm³/mol. The lowest BCUT2D eigenvalue weighted by Gasteiger charge is -2.41. The van der Waals surface area contributed by atoms with E-state index in [2.05, 4.69) is 41.3 Å². The van der Waals surface area contributed by atoms with E-state index in [-0.39, 0.29) is 23.0 Å². The number of rotatable bonds is 3. The van der Waals surface area contributed by atoms with Gasteiger partial charge < -0.3 is 4.90 Å². The summed E-state index contributed by atoms with van der Waals surface area (Å²) in [6.07, 6.45) is 2.55. The van der Waals surface area contributed by atoms with Gasteiger partial charge in [-0.1, -0.05) is 30.3 Å². The molecule has 1 atom stereocenters. The molecule has 140 valence electrons. The van der Waals surface area contributed by atoms with Crippen LogP contribution in [0.2, 0.25) is 0 Å². The van der Waals surface area contributed by atoms with Crippen molar-refractivity contribution in [2.24, 2.45) is 0 Å². The summed E-state index contributed by atoms with van der Waals surface area (Å²) in [4.78, 5) is 7.18. The second-order valence-corrected chi connectivity index (χ2v) is 9.96. The minimum absolute atomic E-state index is 0.101. The van der Waals surface area contributed by atoms with E-state index in [1.165, 1.54) is 5.56 Å². The maximum absolute atomic E-state index is 12.0. The second-order valence-electron chi connectivity index (χ2n) is 7.74. The van der Waals surface area contributed by atoms with Crippen LogP contribution in [0, 0.1) is 6.92 Å². The molecule has 2 saturated heterocycles. The van der Waals surface area contributed by atoms with Gasteiger partial charge in [-0.3, -0.25) is 0 Å². The fourth-order valence-electron chi connectivity index (χ4n) is 4.38. The molecular formula is C19H26N4O2S. The molecule has 0 radical (unpaired) electrons. The number of piperidine rings is 1. The zero-order chi connectivity index (χ0) is 18.4. The summed E-state index contributed by atoms with van der Waals surface area (Å²) in [6, 6.07) is 10.4. The molecule has 2 aliphatic heterocycles. The van der Waals surface area contributed by atoms with Crippen molar-refractivity contribution in [3.05, 3.63) is 47.5 Å². The highest BCUT2D eigenvalue weighted by Crippen LogP contribution is 2.42. The van der Waals surface area contributed by atoms with Gasteiger partial charge in [-0.05, 0) is 51.9 Å². The zero-order valence-electron chi connectivity index (χ0n) is 15.4. The summed E-state index contributed by atoms with van der Waals surface area (Å²) in [7, 11) is -0.825. The molecule has 1 aromatic heterocycles. The molecule has 0 aliphatic carbocycles. The van der Waals surface area contributed by atoms with E-state index < -0.39 is 9.84 Å². The summed E-state index contributed by atoms with van der Waals surface area (Å²) in [6.45, 7) is 3.88. The fraction of sp³-hybridized carbons (Fsp3) is 0.579. The first kappa shape index (κ1) is 17.7. The van der Waals surface area contributed by atoms with Gasteiger partial charge in [0.05, 0.1) is 23.0 Å². The van der Waals surface area contributed by atoms with Gasteiger partial charge in [0.25, 0.3) is 0 Å². The van der Waals surface area contributed by atoms with E-state index in [1.807, 2.05) is 17.7 Å². The number of nitrogens with zero attached hydrogens (tertiary/aromatic N) is 4. The van der Waals surface area contributed by atoms with E-state index in [0.29, 0.717) is 6.42 Å². The van der Waals surface area contributed by atoms with Gasteiger partial charge >= 0.3 is 0 Å². The van der Waals surface area contributed by atoms with Crippen molar-refractivity contribution in [1.82, 2.24) is 19.7 Å². The Kier molecular flexibility index (Phi) is 4.39. The number of aryl methyl sites for hydroxylation is 1. The van der Waals surface area contributed by atoms with E-state index in [4.69, 9.17) is 4.98 Å². The molecule has 1 unspecified atom stereocenters. The Balaban J connectivity index is 1.83. The van der Waals surface area contributed by atoms with Crippen molar-refractivity contribution in [3.63, 3.8) is 0 Å². The Labute approximate surface area is 155 Å². The van der Waals surface area contributed by atoms with Crippen molar-refractivity contribution in [1.29, 1.82) is 0 Å². The monoisotopic (exact) mass is 374 g/mol. The predicted octanol–water partition coefficient (Wildman–Crippen LogP) is 1.96. The molecule has 2 aliphatic rings. The Morgan fingerprint density at radius 1 is 1.15 bits per heavy atom. The largest absolute Gasteiger partial charge is 0.306 e. The minimum atomic E-state index is -2.97. The van der Waals surface area contributed by atoms with Crippen LogP contribution in [0.25, 0.3) is 0 Å². The number of likely N-dealkylation sites (tertiary alicyclic amines) is 1. The van der Waals surface area contributed by atoms with E-state index in [0.717, 1.165) is 37.6 Å². The van der Waals surface area contributed by atoms with Gasteiger partial charge in [0.2, 0.25) is 0 Å². The number of hydrogen-bond acceptors (Lipinski definition) is 5. The van der Waals surface area contributed by atoms with Crippen LogP contribution >= 0.6 is 0 Å². The lowest BCUT2D eigenvalue weighted by atomic mass is 9.72. The number of sulfone groups is 1. The highest BCUT2D eigenvalue weighted by Gasteiger charge is 2.43. The van der Waals surface area contributed by atoms with Crippen LogP contribution in [-0.2, 0) is 15.3 Å². The van der Waals surface area contributed by atoms with Gasteiger partial charge in [-0.2, -0.15) is 5.10 Å². The minimum Gasteiger partial charge on any atom is -0.306 e. The lowest BCUT2D eigenvalue weighted by molar-refractivity contribution is 0.200. The first-order valence-electron chi connectivity index (χ1n) is 9.28. The number of hydrogen-bond donors (Lipinski definition) is 0. The average molecular weight is 375 g/mol. The van der Waals surface area contributed by atoms with Crippen molar-refractivity contribution >= 4 is 9.84 Å². The van der Waals surface area contributed by atoms with Crippen molar-refractivity contribution in [2.75, 3.05) is 31.6 Å².